The van der Waals surface area contributed by atoms with Crippen molar-refractivity contribution in [3.05, 3.63) is 21.9 Å². The molecule has 1 aromatic rings. The van der Waals surface area contributed by atoms with E-state index in [4.69, 9.17) is 0 Å². The number of nitrogens with zero attached hydrogens (tertiary/aromatic N) is 1. The first-order chi connectivity index (χ1) is 8.69. The number of aliphatic hydroxyl groups is 1. The topological polar surface area (TPSA) is 52.6 Å². The highest BCUT2D eigenvalue weighted by atomic mass is 32.1. The summed E-state index contributed by atoms with van der Waals surface area (Å²) >= 11 is 1.71. The summed E-state index contributed by atoms with van der Waals surface area (Å²) in [7, 11) is 0. The minimum atomic E-state index is 0.0430. The second kappa shape index (κ2) is 6.31. The van der Waals surface area contributed by atoms with Crippen molar-refractivity contribution in [2.24, 2.45) is 0 Å². The van der Waals surface area contributed by atoms with Gasteiger partial charge in [-0.1, -0.05) is 0 Å². The van der Waals surface area contributed by atoms with E-state index in [9.17, 15) is 9.90 Å². The van der Waals surface area contributed by atoms with Crippen LogP contribution >= 0.6 is 11.3 Å². The predicted octanol–water partition coefficient (Wildman–Crippen LogP) is 1.13. The molecule has 1 fully saturated rings. The van der Waals surface area contributed by atoms with E-state index in [0.717, 1.165) is 19.4 Å². The molecule has 18 heavy (non-hydrogen) atoms. The molecule has 4 nitrogen and oxygen atoms in total. The second-order valence-corrected chi connectivity index (χ2v) is 6.11. The van der Waals surface area contributed by atoms with Crippen molar-refractivity contribution >= 4 is 17.2 Å². The molecule has 1 saturated heterocycles. The molecule has 5 heteroatoms. The van der Waals surface area contributed by atoms with Gasteiger partial charge in [0.1, 0.15) is 0 Å². The van der Waals surface area contributed by atoms with E-state index in [1.165, 1.54) is 9.75 Å². The molecule has 1 aromatic heterocycles. The van der Waals surface area contributed by atoms with Crippen molar-refractivity contribution in [3.63, 3.8) is 0 Å². The number of thiophene rings is 1. The van der Waals surface area contributed by atoms with Crippen molar-refractivity contribution in [3.8, 4) is 0 Å². The standard InChI is InChI=1S/C13H20N2O2S/c1-10-4-5-12(18-10)7-14-13(17)8-15-6-2-3-11(15)9-16/h4-5,11,16H,2-3,6-9H2,1H3,(H,14,17). The smallest absolute Gasteiger partial charge is 0.234 e. The molecule has 0 spiro atoms. The van der Waals surface area contributed by atoms with Crippen LogP contribution in [0.2, 0.25) is 0 Å². The first-order valence-corrected chi connectivity index (χ1v) is 7.17. The number of likely N-dealkylation sites (tertiary alicyclic amines) is 1. The lowest BCUT2D eigenvalue weighted by Crippen LogP contribution is -2.40. The van der Waals surface area contributed by atoms with Crippen molar-refractivity contribution in [2.45, 2.75) is 32.4 Å². The Morgan fingerprint density at radius 1 is 1.61 bits per heavy atom. The van der Waals surface area contributed by atoms with Crippen LogP contribution in [0.3, 0.4) is 0 Å². The van der Waals surface area contributed by atoms with Crippen LogP contribution in [0.25, 0.3) is 0 Å². The van der Waals surface area contributed by atoms with Gasteiger partial charge in [-0.25, -0.2) is 0 Å². The van der Waals surface area contributed by atoms with Gasteiger partial charge in [-0.3, -0.25) is 9.69 Å². The lowest BCUT2D eigenvalue weighted by Gasteiger charge is -2.21. The van der Waals surface area contributed by atoms with Gasteiger partial charge in [0.25, 0.3) is 0 Å². The van der Waals surface area contributed by atoms with E-state index in [1.807, 2.05) is 6.07 Å². The summed E-state index contributed by atoms with van der Waals surface area (Å²) in [5.74, 6) is 0.0430. The number of hydrogen-bond donors (Lipinski definition) is 2. The lowest BCUT2D eigenvalue weighted by atomic mass is 10.2. The van der Waals surface area contributed by atoms with E-state index >= 15 is 0 Å². The molecule has 1 aliphatic heterocycles. The Morgan fingerprint density at radius 2 is 2.44 bits per heavy atom. The average Bonchev–Trinajstić information content (AvgIpc) is 2.95. The minimum Gasteiger partial charge on any atom is -0.395 e. The Bertz CT molecular complexity index is 405. The molecule has 0 radical (unpaired) electrons. The number of amides is 1. The Kier molecular flexibility index (Phi) is 4.74. The first kappa shape index (κ1) is 13.5. The average molecular weight is 268 g/mol. The van der Waals surface area contributed by atoms with E-state index in [-0.39, 0.29) is 18.6 Å². The quantitative estimate of drug-likeness (QED) is 0.841. The van der Waals surface area contributed by atoms with Gasteiger partial charge in [0, 0.05) is 15.8 Å². The van der Waals surface area contributed by atoms with Crippen molar-refractivity contribution in [2.75, 3.05) is 19.7 Å². The van der Waals surface area contributed by atoms with Gasteiger partial charge in [-0.2, -0.15) is 0 Å². The van der Waals surface area contributed by atoms with Crippen LogP contribution in [0.4, 0.5) is 0 Å². The number of nitrogens with one attached hydrogen (secondary N) is 1. The Morgan fingerprint density at radius 3 is 3.11 bits per heavy atom. The monoisotopic (exact) mass is 268 g/mol. The molecule has 1 amide bonds. The fraction of sp³-hybridized carbons (Fsp3) is 0.615. The molecular weight excluding hydrogens is 248 g/mol. The van der Waals surface area contributed by atoms with Gasteiger partial charge in [0.2, 0.25) is 5.91 Å². The van der Waals surface area contributed by atoms with Crippen LogP contribution in [0, 0.1) is 6.92 Å². The summed E-state index contributed by atoms with van der Waals surface area (Å²) in [4.78, 5) is 16.3. The third-order valence-electron chi connectivity index (χ3n) is 3.31. The summed E-state index contributed by atoms with van der Waals surface area (Å²) in [5.41, 5.74) is 0. The van der Waals surface area contributed by atoms with Gasteiger partial charge >= 0.3 is 0 Å². The minimum absolute atomic E-state index is 0.0430. The predicted molar refractivity (Wildman–Crippen MR) is 72.6 cm³/mol. The fourth-order valence-corrected chi connectivity index (χ4v) is 3.15. The third-order valence-corrected chi connectivity index (χ3v) is 4.31. The number of carbonyl (C=O) groups excluding carboxylic acids is 1. The van der Waals surface area contributed by atoms with Crippen LogP contribution in [0.1, 0.15) is 22.6 Å². The van der Waals surface area contributed by atoms with E-state index < -0.39 is 0 Å². The summed E-state index contributed by atoms with van der Waals surface area (Å²) < 4.78 is 0. The maximum atomic E-state index is 11.8. The lowest BCUT2D eigenvalue weighted by molar-refractivity contribution is -0.122. The maximum Gasteiger partial charge on any atom is 0.234 e. The van der Waals surface area contributed by atoms with Crippen molar-refractivity contribution in [1.82, 2.24) is 10.2 Å². The second-order valence-electron chi connectivity index (χ2n) is 4.74. The van der Waals surface area contributed by atoms with Crippen molar-refractivity contribution < 1.29 is 9.90 Å². The molecule has 0 saturated carbocycles. The molecule has 2 rings (SSSR count). The largest absolute Gasteiger partial charge is 0.395 e. The molecule has 1 unspecified atom stereocenters. The van der Waals surface area contributed by atoms with Gasteiger partial charge in [0.15, 0.2) is 0 Å². The highest BCUT2D eigenvalue weighted by molar-refractivity contribution is 7.11. The van der Waals surface area contributed by atoms with Gasteiger partial charge in [-0.05, 0) is 38.4 Å². The maximum absolute atomic E-state index is 11.8. The summed E-state index contributed by atoms with van der Waals surface area (Å²) in [6, 6.07) is 4.28. The number of aliphatic hydroxyl groups excluding tert-OH is 1. The molecule has 1 atom stereocenters. The number of aryl methyl sites for hydroxylation is 1. The van der Waals surface area contributed by atoms with E-state index in [1.54, 1.807) is 11.3 Å². The van der Waals surface area contributed by atoms with Crippen LogP contribution in [-0.4, -0.2) is 41.7 Å². The summed E-state index contributed by atoms with van der Waals surface area (Å²) in [5, 5.41) is 12.1. The van der Waals surface area contributed by atoms with E-state index in [2.05, 4.69) is 23.2 Å². The van der Waals surface area contributed by atoms with Crippen LogP contribution in [0.15, 0.2) is 12.1 Å². The van der Waals surface area contributed by atoms with Crippen LogP contribution < -0.4 is 5.32 Å². The highest BCUT2D eigenvalue weighted by Crippen LogP contribution is 2.16. The first-order valence-electron chi connectivity index (χ1n) is 6.36. The number of hydrogen-bond acceptors (Lipinski definition) is 4. The normalized spacial score (nSPS) is 20.2. The molecule has 100 valence electrons. The SMILES string of the molecule is Cc1ccc(CNC(=O)CN2CCCC2CO)s1. The summed E-state index contributed by atoms with van der Waals surface area (Å²) in [6.07, 6.45) is 2.07. The zero-order chi connectivity index (χ0) is 13.0. The van der Waals surface area contributed by atoms with Gasteiger partial charge in [-0.15, -0.1) is 11.3 Å². The molecule has 2 heterocycles. The van der Waals surface area contributed by atoms with E-state index in [0.29, 0.717) is 13.1 Å². The Labute approximate surface area is 112 Å². The molecular formula is C13H20N2O2S. The zero-order valence-electron chi connectivity index (χ0n) is 10.7. The highest BCUT2D eigenvalue weighted by Gasteiger charge is 2.25. The fourth-order valence-electron chi connectivity index (χ4n) is 2.32. The molecule has 0 bridgehead atoms. The molecule has 0 aliphatic carbocycles. The molecule has 1 aliphatic rings. The van der Waals surface area contributed by atoms with Gasteiger partial charge < -0.3 is 10.4 Å². The summed E-state index contributed by atoms with van der Waals surface area (Å²) in [6.45, 7) is 4.13. The third kappa shape index (κ3) is 3.54. The van der Waals surface area contributed by atoms with Crippen LogP contribution in [-0.2, 0) is 11.3 Å². The Hall–Kier alpha value is -0.910. The zero-order valence-corrected chi connectivity index (χ0v) is 11.5. The Balaban J connectivity index is 1.75. The molecule has 2 N–H and O–H groups in total. The van der Waals surface area contributed by atoms with Crippen LogP contribution in [0.5, 0.6) is 0 Å². The number of carbonyl (C=O) groups is 1. The van der Waals surface area contributed by atoms with Crippen molar-refractivity contribution in [1.29, 1.82) is 0 Å². The number of rotatable bonds is 5. The van der Waals surface area contributed by atoms with Gasteiger partial charge in [0.05, 0.1) is 19.7 Å². The molecule has 0 aromatic carbocycles.